The van der Waals surface area contributed by atoms with Crippen molar-refractivity contribution in [2.24, 2.45) is 0 Å². The third-order valence-electron chi connectivity index (χ3n) is 3.68. The second kappa shape index (κ2) is 6.00. The summed E-state index contributed by atoms with van der Waals surface area (Å²) in [6.45, 7) is 0.550. The summed E-state index contributed by atoms with van der Waals surface area (Å²) in [4.78, 5) is 23.2. The summed E-state index contributed by atoms with van der Waals surface area (Å²) in [6, 6.07) is 10.7. The number of anilines is 1. The minimum Gasteiger partial charge on any atom is -0.493 e. The number of hydrogen-bond donors (Lipinski definition) is 2. The van der Waals surface area contributed by atoms with Crippen LogP contribution >= 0.6 is 0 Å². The molecule has 0 atom stereocenters. The monoisotopic (exact) mass is 312 g/mol. The molecule has 118 valence electrons. The van der Waals surface area contributed by atoms with Crippen LogP contribution in [-0.4, -0.2) is 26.0 Å². The lowest BCUT2D eigenvalue weighted by atomic mass is 10.1. The van der Waals surface area contributed by atoms with E-state index in [-0.39, 0.29) is 11.8 Å². The standard InChI is InChI=1S/C17H16N2O4/c1-22-14-6-3-10(7-15(14)23-2)9-18-11-4-5-12-13(8-11)17(21)19-16(12)20/h3-8,18H,9H2,1-2H3,(H,19,20,21). The second-order valence-corrected chi connectivity index (χ2v) is 5.09. The molecular formula is C17H16N2O4. The van der Waals surface area contributed by atoms with Gasteiger partial charge in [0, 0.05) is 12.2 Å². The molecule has 2 amide bonds. The Bertz CT molecular complexity index is 786. The van der Waals surface area contributed by atoms with Gasteiger partial charge in [0.15, 0.2) is 11.5 Å². The van der Waals surface area contributed by atoms with Crippen LogP contribution in [0.15, 0.2) is 36.4 Å². The molecule has 6 nitrogen and oxygen atoms in total. The van der Waals surface area contributed by atoms with Crippen LogP contribution in [0, 0.1) is 0 Å². The molecule has 23 heavy (non-hydrogen) atoms. The summed E-state index contributed by atoms with van der Waals surface area (Å²) < 4.78 is 10.5. The Labute approximate surface area is 133 Å². The van der Waals surface area contributed by atoms with Crippen molar-refractivity contribution >= 4 is 17.5 Å². The van der Waals surface area contributed by atoms with Crippen molar-refractivity contribution < 1.29 is 19.1 Å². The summed E-state index contributed by atoms with van der Waals surface area (Å²) >= 11 is 0. The highest BCUT2D eigenvalue weighted by atomic mass is 16.5. The molecule has 0 aromatic heterocycles. The molecule has 1 aliphatic heterocycles. The summed E-state index contributed by atoms with van der Waals surface area (Å²) in [5, 5.41) is 5.50. The van der Waals surface area contributed by atoms with Crippen LogP contribution < -0.4 is 20.1 Å². The lowest BCUT2D eigenvalue weighted by molar-refractivity contribution is 0.0879. The number of carbonyl (C=O) groups excluding carboxylic acids is 2. The number of nitrogens with one attached hydrogen (secondary N) is 2. The van der Waals surface area contributed by atoms with Crippen molar-refractivity contribution in [3.63, 3.8) is 0 Å². The van der Waals surface area contributed by atoms with Crippen LogP contribution in [0.4, 0.5) is 5.69 Å². The fourth-order valence-corrected chi connectivity index (χ4v) is 2.47. The highest BCUT2D eigenvalue weighted by molar-refractivity contribution is 6.21. The average molecular weight is 312 g/mol. The normalized spacial score (nSPS) is 12.6. The lowest BCUT2D eigenvalue weighted by Gasteiger charge is -2.11. The van der Waals surface area contributed by atoms with Gasteiger partial charge >= 0.3 is 0 Å². The van der Waals surface area contributed by atoms with Crippen molar-refractivity contribution in [1.82, 2.24) is 5.32 Å². The molecule has 0 unspecified atom stereocenters. The molecule has 0 saturated carbocycles. The summed E-state index contributed by atoms with van der Waals surface area (Å²) in [7, 11) is 3.18. The van der Waals surface area contributed by atoms with Gasteiger partial charge in [0.2, 0.25) is 0 Å². The zero-order chi connectivity index (χ0) is 16.4. The maximum absolute atomic E-state index is 11.7. The Kier molecular flexibility index (Phi) is 3.89. The number of benzene rings is 2. The Hall–Kier alpha value is -3.02. The number of ether oxygens (including phenoxy) is 2. The van der Waals surface area contributed by atoms with Crippen LogP contribution in [0.3, 0.4) is 0 Å². The van der Waals surface area contributed by atoms with Gasteiger partial charge in [0.25, 0.3) is 11.8 Å². The second-order valence-electron chi connectivity index (χ2n) is 5.09. The summed E-state index contributed by atoms with van der Waals surface area (Å²) in [6.07, 6.45) is 0. The number of fused-ring (bicyclic) bond motifs is 1. The molecule has 1 aliphatic rings. The van der Waals surface area contributed by atoms with Crippen molar-refractivity contribution in [1.29, 1.82) is 0 Å². The predicted octanol–water partition coefficient (Wildman–Crippen LogP) is 2.20. The quantitative estimate of drug-likeness (QED) is 0.828. The first-order valence-corrected chi connectivity index (χ1v) is 7.07. The Balaban J connectivity index is 1.75. The van der Waals surface area contributed by atoms with E-state index in [9.17, 15) is 9.59 Å². The molecule has 0 spiro atoms. The number of methoxy groups -OCH3 is 2. The first kappa shape index (κ1) is 14.9. The topological polar surface area (TPSA) is 76.7 Å². The van der Waals surface area contributed by atoms with E-state index in [1.54, 1.807) is 32.4 Å². The molecule has 0 radical (unpaired) electrons. The first-order chi connectivity index (χ1) is 11.1. The lowest BCUT2D eigenvalue weighted by Crippen LogP contribution is -2.19. The SMILES string of the molecule is COc1ccc(CNc2ccc3c(c2)C(=O)NC3=O)cc1OC. The third-order valence-corrected chi connectivity index (χ3v) is 3.68. The largest absolute Gasteiger partial charge is 0.493 e. The number of hydrogen-bond acceptors (Lipinski definition) is 5. The zero-order valence-electron chi connectivity index (χ0n) is 12.8. The fourth-order valence-electron chi connectivity index (χ4n) is 2.47. The van der Waals surface area contributed by atoms with Gasteiger partial charge in [-0.1, -0.05) is 6.07 Å². The maximum Gasteiger partial charge on any atom is 0.259 e. The Morgan fingerprint density at radius 1 is 0.913 bits per heavy atom. The van der Waals surface area contributed by atoms with Crippen LogP contribution in [0.1, 0.15) is 26.3 Å². The number of rotatable bonds is 5. The van der Waals surface area contributed by atoms with Gasteiger partial charge in [0.1, 0.15) is 0 Å². The van der Waals surface area contributed by atoms with E-state index in [1.807, 2.05) is 18.2 Å². The number of carbonyl (C=O) groups is 2. The van der Waals surface area contributed by atoms with Crippen molar-refractivity contribution in [3.8, 4) is 11.5 Å². The number of imide groups is 1. The summed E-state index contributed by atoms with van der Waals surface area (Å²) in [5.41, 5.74) is 2.58. The van der Waals surface area contributed by atoms with Crippen molar-refractivity contribution in [3.05, 3.63) is 53.1 Å². The molecule has 2 aromatic rings. The highest BCUT2D eigenvalue weighted by Crippen LogP contribution is 2.28. The summed E-state index contributed by atoms with van der Waals surface area (Å²) in [5.74, 6) is 0.617. The number of amides is 2. The molecule has 0 aliphatic carbocycles. The zero-order valence-corrected chi connectivity index (χ0v) is 12.8. The average Bonchev–Trinajstić information content (AvgIpc) is 2.86. The van der Waals surface area contributed by atoms with E-state index in [2.05, 4.69) is 10.6 Å². The van der Waals surface area contributed by atoms with Crippen LogP contribution in [0.25, 0.3) is 0 Å². The van der Waals surface area contributed by atoms with Gasteiger partial charge in [-0.15, -0.1) is 0 Å². The third kappa shape index (κ3) is 2.83. The van der Waals surface area contributed by atoms with E-state index in [4.69, 9.17) is 9.47 Å². The molecule has 0 bridgehead atoms. The smallest absolute Gasteiger partial charge is 0.259 e. The molecular weight excluding hydrogens is 296 g/mol. The van der Waals surface area contributed by atoms with E-state index < -0.39 is 0 Å². The van der Waals surface area contributed by atoms with E-state index in [1.165, 1.54) is 0 Å². The first-order valence-electron chi connectivity index (χ1n) is 7.07. The van der Waals surface area contributed by atoms with Crippen LogP contribution in [0.2, 0.25) is 0 Å². The minimum absolute atomic E-state index is 0.351. The molecule has 0 saturated heterocycles. The van der Waals surface area contributed by atoms with E-state index in [0.717, 1.165) is 11.3 Å². The van der Waals surface area contributed by atoms with Gasteiger partial charge in [-0.3, -0.25) is 14.9 Å². The predicted molar refractivity (Wildman–Crippen MR) is 85.1 cm³/mol. The maximum atomic E-state index is 11.7. The molecule has 3 rings (SSSR count). The van der Waals surface area contributed by atoms with Crippen molar-refractivity contribution in [2.45, 2.75) is 6.54 Å². The Morgan fingerprint density at radius 3 is 2.39 bits per heavy atom. The van der Waals surface area contributed by atoms with E-state index >= 15 is 0 Å². The van der Waals surface area contributed by atoms with Gasteiger partial charge in [-0.05, 0) is 35.9 Å². The van der Waals surface area contributed by atoms with Gasteiger partial charge in [-0.25, -0.2) is 0 Å². The van der Waals surface area contributed by atoms with Crippen LogP contribution in [0.5, 0.6) is 11.5 Å². The van der Waals surface area contributed by atoms with Gasteiger partial charge in [0.05, 0.1) is 25.3 Å². The van der Waals surface area contributed by atoms with Crippen molar-refractivity contribution in [2.75, 3.05) is 19.5 Å². The molecule has 1 heterocycles. The highest BCUT2D eigenvalue weighted by Gasteiger charge is 2.26. The van der Waals surface area contributed by atoms with E-state index in [0.29, 0.717) is 29.2 Å². The van der Waals surface area contributed by atoms with Gasteiger partial charge < -0.3 is 14.8 Å². The fraction of sp³-hybridized carbons (Fsp3) is 0.176. The van der Waals surface area contributed by atoms with Crippen LogP contribution in [-0.2, 0) is 6.54 Å². The van der Waals surface area contributed by atoms with Gasteiger partial charge in [-0.2, -0.15) is 0 Å². The molecule has 2 aromatic carbocycles. The molecule has 0 fully saturated rings. The molecule has 6 heteroatoms. The Morgan fingerprint density at radius 2 is 1.65 bits per heavy atom. The minimum atomic E-state index is -0.361. The molecule has 2 N–H and O–H groups in total.